The van der Waals surface area contributed by atoms with Crippen molar-refractivity contribution in [3.05, 3.63) is 0 Å². The average molecular weight is 271 g/mol. The summed E-state index contributed by atoms with van der Waals surface area (Å²) in [6, 6.07) is 0.497. The zero-order valence-electron chi connectivity index (χ0n) is 11.1. The van der Waals surface area contributed by atoms with E-state index in [4.69, 9.17) is 22.4 Å². The van der Waals surface area contributed by atoms with Gasteiger partial charge in [-0.1, -0.05) is 26.7 Å². The van der Waals surface area contributed by atoms with Crippen molar-refractivity contribution in [1.82, 2.24) is 5.06 Å². The minimum Gasteiger partial charge on any atom is -0.299 e. The zero-order valence-corrected chi connectivity index (χ0v) is 11.9. The molecule has 0 unspecified atom stereocenters. The summed E-state index contributed by atoms with van der Waals surface area (Å²) in [7, 11) is -4.67. The molecule has 6 nitrogen and oxygen atoms in total. The van der Waals surface area contributed by atoms with Crippen LogP contribution in [0.3, 0.4) is 0 Å². The third-order valence-corrected chi connectivity index (χ3v) is 1.89. The van der Waals surface area contributed by atoms with E-state index >= 15 is 0 Å². The van der Waals surface area contributed by atoms with Crippen molar-refractivity contribution in [2.75, 3.05) is 13.2 Å². The van der Waals surface area contributed by atoms with Gasteiger partial charge in [-0.05, 0) is 20.3 Å². The van der Waals surface area contributed by atoms with E-state index in [0.717, 1.165) is 13.2 Å². The molecule has 0 heterocycles. The van der Waals surface area contributed by atoms with Gasteiger partial charge >= 0.3 is 10.4 Å². The van der Waals surface area contributed by atoms with Crippen LogP contribution in [0.25, 0.3) is 0 Å². The van der Waals surface area contributed by atoms with E-state index in [1.54, 1.807) is 0 Å². The van der Waals surface area contributed by atoms with E-state index < -0.39 is 10.4 Å². The number of hydrogen-bond donors (Lipinski definition) is 2. The largest absolute Gasteiger partial charge is 0.394 e. The van der Waals surface area contributed by atoms with Crippen molar-refractivity contribution in [3.8, 4) is 0 Å². The smallest absolute Gasteiger partial charge is 0.299 e. The van der Waals surface area contributed by atoms with Gasteiger partial charge in [-0.25, -0.2) is 0 Å². The van der Waals surface area contributed by atoms with Crippen LogP contribution < -0.4 is 0 Å². The molecule has 0 aliphatic rings. The summed E-state index contributed by atoms with van der Waals surface area (Å²) in [4.78, 5) is 5.59. The predicted molar refractivity (Wildman–Crippen MR) is 67.2 cm³/mol. The summed E-state index contributed by atoms with van der Waals surface area (Å²) in [6.07, 6.45) is 3.71. The highest BCUT2D eigenvalue weighted by molar-refractivity contribution is 7.79. The standard InChI is InChI=1S/C10H23NO.H2O4S/c1-5-7-8-9-12-11(6-2)10(3)4;1-5(2,3)4/h10H,5-9H2,1-4H3;(H2,1,2,3,4). The molecule has 0 aliphatic heterocycles. The lowest BCUT2D eigenvalue weighted by molar-refractivity contribution is -0.177. The fourth-order valence-electron chi connectivity index (χ4n) is 1.14. The molecule has 0 aromatic rings. The molecule has 106 valence electrons. The zero-order chi connectivity index (χ0) is 13.9. The first kappa shape index (κ1) is 19.1. The van der Waals surface area contributed by atoms with Crippen molar-refractivity contribution in [2.45, 2.75) is 53.0 Å². The first-order valence-corrected chi connectivity index (χ1v) is 7.21. The summed E-state index contributed by atoms with van der Waals surface area (Å²) < 4.78 is 31.6. The second-order valence-electron chi connectivity index (χ2n) is 3.82. The molecule has 0 spiro atoms. The van der Waals surface area contributed by atoms with Gasteiger partial charge in [-0.2, -0.15) is 13.5 Å². The summed E-state index contributed by atoms with van der Waals surface area (Å²) in [5.74, 6) is 0. The lowest BCUT2D eigenvalue weighted by Crippen LogP contribution is -2.31. The Morgan fingerprint density at radius 2 is 1.65 bits per heavy atom. The Hall–Kier alpha value is -0.210. The maximum Gasteiger partial charge on any atom is 0.394 e. The third-order valence-electron chi connectivity index (χ3n) is 1.89. The van der Waals surface area contributed by atoms with Crippen LogP contribution in [0.2, 0.25) is 0 Å². The highest BCUT2D eigenvalue weighted by Crippen LogP contribution is 2.01. The molecule has 0 fully saturated rings. The Bertz CT molecular complexity index is 245. The van der Waals surface area contributed by atoms with Crippen molar-refractivity contribution >= 4 is 10.4 Å². The van der Waals surface area contributed by atoms with E-state index in [-0.39, 0.29) is 0 Å². The second kappa shape index (κ2) is 10.9. The van der Waals surface area contributed by atoms with Gasteiger partial charge in [-0.15, -0.1) is 0 Å². The van der Waals surface area contributed by atoms with Gasteiger partial charge in [0.05, 0.1) is 6.61 Å². The first-order valence-electron chi connectivity index (χ1n) is 5.81. The van der Waals surface area contributed by atoms with Crippen LogP contribution in [0.5, 0.6) is 0 Å². The second-order valence-corrected chi connectivity index (χ2v) is 4.71. The highest BCUT2D eigenvalue weighted by atomic mass is 32.3. The topological polar surface area (TPSA) is 87.1 Å². The lowest BCUT2D eigenvalue weighted by atomic mass is 10.3. The molecule has 0 aliphatic carbocycles. The third kappa shape index (κ3) is 21.6. The Labute approximate surface area is 104 Å². The fraction of sp³-hybridized carbons (Fsp3) is 1.00. The number of rotatable bonds is 7. The van der Waals surface area contributed by atoms with Gasteiger partial charge in [-0.3, -0.25) is 13.9 Å². The molecular weight excluding hydrogens is 246 g/mol. The summed E-state index contributed by atoms with van der Waals surface area (Å²) in [5.41, 5.74) is 0. The highest BCUT2D eigenvalue weighted by Gasteiger charge is 2.05. The Kier molecular flexibility index (Phi) is 12.3. The van der Waals surface area contributed by atoms with Gasteiger partial charge in [0, 0.05) is 12.6 Å². The first-order chi connectivity index (χ1) is 7.72. The number of hydrogen-bond acceptors (Lipinski definition) is 4. The number of unbranched alkanes of at least 4 members (excludes halogenated alkanes) is 2. The molecule has 0 atom stereocenters. The van der Waals surface area contributed by atoms with E-state index in [1.165, 1.54) is 19.3 Å². The van der Waals surface area contributed by atoms with E-state index in [0.29, 0.717) is 6.04 Å². The molecular formula is C10H25NO5S. The van der Waals surface area contributed by atoms with E-state index in [1.807, 2.05) is 5.06 Å². The van der Waals surface area contributed by atoms with Crippen LogP contribution in [-0.4, -0.2) is 41.8 Å². The molecule has 0 amide bonds. The summed E-state index contributed by atoms with van der Waals surface area (Å²) in [5, 5.41) is 2.04. The number of nitrogens with zero attached hydrogens (tertiary/aromatic N) is 1. The molecule has 0 saturated carbocycles. The van der Waals surface area contributed by atoms with Crippen LogP contribution in [0.4, 0.5) is 0 Å². The molecule has 0 aromatic heterocycles. The van der Waals surface area contributed by atoms with Crippen LogP contribution in [0, 0.1) is 0 Å². The van der Waals surface area contributed by atoms with Crippen molar-refractivity contribution in [2.24, 2.45) is 0 Å². The van der Waals surface area contributed by atoms with Crippen LogP contribution in [0.15, 0.2) is 0 Å². The van der Waals surface area contributed by atoms with Crippen molar-refractivity contribution in [1.29, 1.82) is 0 Å². The van der Waals surface area contributed by atoms with E-state index in [2.05, 4.69) is 27.7 Å². The average Bonchev–Trinajstić information content (AvgIpc) is 2.15. The van der Waals surface area contributed by atoms with Gasteiger partial charge < -0.3 is 0 Å². The fourth-order valence-corrected chi connectivity index (χ4v) is 1.14. The van der Waals surface area contributed by atoms with Crippen LogP contribution in [-0.2, 0) is 15.2 Å². The minimum atomic E-state index is -4.67. The SMILES string of the molecule is CCCCCON(CC)C(C)C.O=S(=O)(O)O. The molecule has 0 aromatic carbocycles. The van der Waals surface area contributed by atoms with E-state index in [9.17, 15) is 0 Å². The summed E-state index contributed by atoms with van der Waals surface area (Å²) in [6.45, 7) is 10.5. The van der Waals surface area contributed by atoms with Gasteiger partial charge in [0.15, 0.2) is 0 Å². The molecule has 17 heavy (non-hydrogen) atoms. The summed E-state index contributed by atoms with van der Waals surface area (Å²) >= 11 is 0. The van der Waals surface area contributed by atoms with Gasteiger partial charge in [0.25, 0.3) is 0 Å². The van der Waals surface area contributed by atoms with Crippen molar-refractivity contribution < 1.29 is 22.4 Å². The lowest BCUT2D eigenvalue weighted by Gasteiger charge is -2.23. The molecule has 0 bridgehead atoms. The van der Waals surface area contributed by atoms with Gasteiger partial charge in [0.1, 0.15) is 0 Å². The molecule has 7 heteroatoms. The van der Waals surface area contributed by atoms with Crippen LogP contribution in [0.1, 0.15) is 47.0 Å². The van der Waals surface area contributed by atoms with Gasteiger partial charge in [0.2, 0.25) is 0 Å². The maximum atomic E-state index is 8.74. The molecule has 0 saturated heterocycles. The Morgan fingerprint density at radius 3 is 1.94 bits per heavy atom. The molecule has 0 rings (SSSR count). The molecule has 0 radical (unpaired) electrons. The minimum absolute atomic E-state index is 0.497. The Morgan fingerprint density at radius 1 is 1.18 bits per heavy atom. The van der Waals surface area contributed by atoms with Crippen LogP contribution >= 0.6 is 0 Å². The molecule has 2 N–H and O–H groups in total. The van der Waals surface area contributed by atoms with Crippen molar-refractivity contribution in [3.63, 3.8) is 0 Å². The maximum absolute atomic E-state index is 8.74. The number of hydroxylamine groups is 2. The monoisotopic (exact) mass is 271 g/mol. The quantitative estimate of drug-likeness (QED) is 0.419. The normalized spacial score (nSPS) is 11.5. The predicted octanol–water partition coefficient (Wildman–Crippen LogP) is 2.19. The Balaban J connectivity index is 0.